The first kappa shape index (κ1) is 22.6. The van der Waals surface area contributed by atoms with Crippen molar-refractivity contribution in [3.8, 4) is 11.1 Å². The Morgan fingerprint density at radius 3 is 2.44 bits per heavy atom. The maximum absolute atomic E-state index is 13.9. The predicted molar refractivity (Wildman–Crippen MR) is 118 cm³/mol. The SMILES string of the molecule is CCOC(=O)c1ccc([N+](=O)[O-])c(NC(=O)CCc2ccc(-c3ccccc3F)cc2)c1. The van der Waals surface area contributed by atoms with E-state index < -0.39 is 16.8 Å². The second-order valence-corrected chi connectivity index (χ2v) is 6.93. The van der Waals surface area contributed by atoms with Gasteiger partial charge in [-0.25, -0.2) is 9.18 Å². The standard InChI is InChI=1S/C24H21FN2O5/c1-2-32-24(29)18-12-13-22(27(30)31)21(15-18)26-23(28)14-9-16-7-10-17(11-8-16)19-5-3-4-6-20(19)25/h3-8,10-13,15H,2,9,14H2,1H3,(H,26,28). The predicted octanol–water partition coefficient (Wildman–Crippen LogP) is 5.15. The Balaban J connectivity index is 1.67. The molecule has 3 aromatic carbocycles. The summed E-state index contributed by atoms with van der Waals surface area (Å²) >= 11 is 0. The minimum Gasteiger partial charge on any atom is -0.462 e. The summed E-state index contributed by atoms with van der Waals surface area (Å²) in [7, 11) is 0. The molecule has 0 radical (unpaired) electrons. The van der Waals surface area contributed by atoms with Gasteiger partial charge in [-0.2, -0.15) is 0 Å². The quantitative estimate of drug-likeness (QED) is 0.299. The molecule has 1 amide bonds. The van der Waals surface area contributed by atoms with Gasteiger partial charge in [0.1, 0.15) is 11.5 Å². The number of halogens is 1. The smallest absolute Gasteiger partial charge is 0.338 e. The molecule has 3 rings (SSSR count). The van der Waals surface area contributed by atoms with Crippen LogP contribution in [-0.4, -0.2) is 23.4 Å². The Hall–Kier alpha value is -4.07. The van der Waals surface area contributed by atoms with Crippen LogP contribution in [0.15, 0.2) is 66.7 Å². The van der Waals surface area contributed by atoms with Crippen molar-refractivity contribution in [2.24, 2.45) is 0 Å². The number of benzene rings is 3. The first-order valence-electron chi connectivity index (χ1n) is 9.98. The van der Waals surface area contributed by atoms with Gasteiger partial charge in [-0.05, 0) is 42.7 Å². The normalized spacial score (nSPS) is 10.4. The molecule has 0 spiro atoms. The van der Waals surface area contributed by atoms with Gasteiger partial charge in [-0.3, -0.25) is 14.9 Å². The first-order valence-corrected chi connectivity index (χ1v) is 9.98. The summed E-state index contributed by atoms with van der Waals surface area (Å²) < 4.78 is 18.8. The van der Waals surface area contributed by atoms with Crippen molar-refractivity contribution < 1.29 is 23.6 Å². The van der Waals surface area contributed by atoms with Crippen LogP contribution >= 0.6 is 0 Å². The van der Waals surface area contributed by atoms with Gasteiger partial charge in [0.05, 0.1) is 17.1 Å². The molecule has 0 aliphatic heterocycles. The number of rotatable bonds is 8. The van der Waals surface area contributed by atoms with Crippen LogP contribution < -0.4 is 5.32 Å². The van der Waals surface area contributed by atoms with E-state index in [9.17, 15) is 24.1 Å². The van der Waals surface area contributed by atoms with Gasteiger partial charge in [0.2, 0.25) is 5.91 Å². The number of nitro groups is 1. The van der Waals surface area contributed by atoms with E-state index in [4.69, 9.17) is 4.74 Å². The largest absolute Gasteiger partial charge is 0.462 e. The molecule has 3 aromatic rings. The number of hydrogen-bond donors (Lipinski definition) is 1. The maximum atomic E-state index is 13.9. The molecule has 7 nitrogen and oxygen atoms in total. The van der Waals surface area contributed by atoms with Gasteiger partial charge >= 0.3 is 5.97 Å². The minimum absolute atomic E-state index is 0.0690. The minimum atomic E-state index is -0.633. The zero-order chi connectivity index (χ0) is 23.1. The lowest BCUT2D eigenvalue weighted by atomic mass is 10.0. The topological polar surface area (TPSA) is 98.5 Å². The van der Waals surface area contributed by atoms with E-state index in [0.29, 0.717) is 12.0 Å². The lowest BCUT2D eigenvalue weighted by molar-refractivity contribution is -0.383. The van der Waals surface area contributed by atoms with Crippen molar-refractivity contribution in [2.45, 2.75) is 19.8 Å². The summed E-state index contributed by atoms with van der Waals surface area (Å²) in [5, 5.41) is 13.8. The lowest BCUT2D eigenvalue weighted by Crippen LogP contribution is -2.14. The number of anilines is 1. The number of nitrogens with zero attached hydrogens (tertiary/aromatic N) is 1. The molecule has 1 N–H and O–H groups in total. The molecule has 0 saturated carbocycles. The van der Waals surface area contributed by atoms with Crippen LogP contribution in [0.4, 0.5) is 15.8 Å². The Labute approximate surface area is 184 Å². The fourth-order valence-corrected chi connectivity index (χ4v) is 3.15. The molecule has 0 aliphatic rings. The van der Waals surface area contributed by atoms with Crippen molar-refractivity contribution in [1.29, 1.82) is 0 Å². The number of nitro benzene ring substituents is 1. The van der Waals surface area contributed by atoms with Gasteiger partial charge in [0.25, 0.3) is 5.69 Å². The zero-order valence-electron chi connectivity index (χ0n) is 17.3. The number of aryl methyl sites for hydroxylation is 1. The van der Waals surface area contributed by atoms with Crippen molar-refractivity contribution in [1.82, 2.24) is 0 Å². The second kappa shape index (κ2) is 10.3. The van der Waals surface area contributed by atoms with E-state index in [0.717, 1.165) is 17.2 Å². The van der Waals surface area contributed by atoms with Gasteiger partial charge in [-0.15, -0.1) is 0 Å². The molecule has 0 atom stereocenters. The Morgan fingerprint density at radius 2 is 1.78 bits per heavy atom. The van der Waals surface area contributed by atoms with E-state index in [1.807, 2.05) is 0 Å². The molecule has 0 fully saturated rings. The van der Waals surface area contributed by atoms with Crippen LogP contribution in [0.1, 0.15) is 29.3 Å². The molecule has 0 bridgehead atoms. The first-order chi connectivity index (χ1) is 15.4. The third kappa shape index (κ3) is 5.54. The summed E-state index contributed by atoms with van der Waals surface area (Å²) in [5.74, 6) is -1.38. The average Bonchev–Trinajstić information content (AvgIpc) is 2.78. The summed E-state index contributed by atoms with van der Waals surface area (Å²) in [4.78, 5) is 34.9. The van der Waals surface area contributed by atoms with Crippen LogP contribution in [0.2, 0.25) is 0 Å². The van der Waals surface area contributed by atoms with Crippen molar-refractivity contribution >= 4 is 23.3 Å². The van der Waals surface area contributed by atoms with Crippen LogP contribution in [0.25, 0.3) is 11.1 Å². The van der Waals surface area contributed by atoms with Crippen molar-refractivity contribution in [2.75, 3.05) is 11.9 Å². The monoisotopic (exact) mass is 436 g/mol. The molecule has 32 heavy (non-hydrogen) atoms. The molecular formula is C24H21FN2O5. The van der Waals surface area contributed by atoms with Gasteiger partial charge < -0.3 is 10.1 Å². The lowest BCUT2D eigenvalue weighted by Gasteiger charge is -2.09. The number of nitrogens with one attached hydrogen (secondary N) is 1. The molecule has 0 aliphatic carbocycles. The fourth-order valence-electron chi connectivity index (χ4n) is 3.15. The third-order valence-electron chi connectivity index (χ3n) is 4.76. The molecule has 0 saturated heterocycles. The van der Waals surface area contributed by atoms with Gasteiger partial charge in [-0.1, -0.05) is 42.5 Å². The third-order valence-corrected chi connectivity index (χ3v) is 4.76. The molecule has 0 heterocycles. The molecule has 164 valence electrons. The maximum Gasteiger partial charge on any atom is 0.338 e. The van der Waals surface area contributed by atoms with Gasteiger partial charge in [0, 0.05) is 18.1 Å². The highest BCUT2D eigenvalue weighted by atomic mass is 19.1. The summed E-state index contributed by atoms with van der Waals surface area (Å²) in [6, 6.07) is 17.3. The van der Waals surface area contributed by atoms with Crippen molar-refractivity contribution in [3.05, 3.63) is 93.8 Å². The van der Waals surface area contributed by atoms with Crippen LogP contribution in [0, 0.1) is 15.9 Å². The van der Waals surface area contributed by atoms with Crippen LogP contribution in [-0.2, 0) is 16.0 Å². The number of hydrogen-bond acceptors (Lipinski definition) is 5. The zero-order valence-corrected chi connectivity index (χ0v) is 17.3. The van der Waals surface area contributed by atoms with E-state index in [1.54, 1.807) is 49.4 Å². The fraction of sp³-hybridized carbons (Fsp3) is 0.167. The van der Waals surface area contributed by atoms with Crippen LogP contribution in [0.3, 0.4) is 0 Å². The summed E-state index contributed by atoms with van der Waals surface area (Å²) in [6.07, 6.45) is 0.453. The van der Waals surface area contributed by atoms with Gasteiger partial charge in [0.15, 0.2) is 0 Å². The Kier molecular flexibility index (Phi) is 7.28. The van der Waals surface area contributed by atoms with E-state index >= 15 is 0 Å². The molecule has 0 aromatic heterocycles. The van der Waals surface area contributed by atoms with E-state index in [-0.39, 0.29) is 35.8 Å². The number of carbonyl (C=O) groups is 2. The summed E-state index contributed by atoms with van der Waals surface area (Å²) in [5.41, 5.74) is 1.79. The highest BCUT2D eigenvalue weighted by molar-refractivity contribution is 5.97. The van der Waals surface area contributed by atoms with E-state index in [1.165, 1.54) is 18.2 Å². The highest BCUT2D eigenvalue weighted by Gasteiger charge is 2.19. The van der Waals surface area contributed by atoms with Crippen LogP contribution in [0.5, 0.6) is 0 Å². The van der Waals surface area contributed by atoms with E-state index in [2.05, 4.69) is 5.32 Å². The second-order valence-electron chi connectivity index (χ2n) is 6.93. The summed E-state index contributed by atoms with van der Waals surface area (Å²) in [6.45, 7) is 1.81. The molecule has 0 unspecified atom stereocenters. The van der Waals surface area contributed by atoms with Crippen molar-refractivity contribution in [3.63, 3.8) is 0 Å². The molecular weight excluding hydrogens is 415 g/mol. The number of esters is 1. The average molecular weight is 436 g/mol. The Morgan fingerprint density at radius 1 is 1.06 bits per heavy atom. The number of carbonyl (C=O) groups excluding carboxylic acids is 2. The number of amides is 1. The number of ether oxygens (including phenoxy) is 1. The highest BCUT2D eigenvalue weighted by Crippen LogP contribution is 2.27. The molecule has 8 heteroatoms. The Bertz CT molecular complexity index is 1150.